The first-order chi connectivity index (χ1) is 13.0. The van der Waals surface area contributed by atoms with E-state index >= 15 is 0 Å². The fourth-order valence-electron chi connectivity index (χ4n) is 2.43. The normalized spacial score (nSPS) is 10.4. The second-order valence-corrected chi connectivity index (χ2v) is 6.59. The fraction of sp³-hybridized carbons (Fsp3) is 0.100. The van der Waals surface area contributed by atoms with Crippen molar-refractivity contribution in [2.45, 2.75) is 13.1 Å². The highest BCUT2D eigenvalue weighted by Crippen LogP contribution is 2.22. The number of furan rings is 1. The molecule has 3 rings (SSSR count). The molecule has 7 heteroatoms. The highest BCUT2D eigenvalue weighted by atomic mass is 35.5. The van der Waals surface area contributed by atoms with Gasteiger partial charge >= 0.3 is 0 Å². The Bertz CT molecular complexity index is 956. The van der Waals surface area contributed by atoms with Crippen LogP contribution in [0.1, 0.15) is 32.0 Å². The van der Waals surface area contributed by atoms with Crippen LogP contribution in [0.5, 0.6) is 0 Å². The van der Waals surface area contributed by atoms with Crippen LogP contribution in [-0.2, 0) is 13.1 Å². The molecule has 27 heavy (non-hydrogen) atoms. The Hall–Kier alpha value is -2.76. The van der Waals surface area contributed by atoms with Gasteiger partial charge < -0.3 is 15.1 Å². The Balaban J connectivity index is 1.59. The minimum atomic E-state index is -0.277. The fourth-order valence-corrected chi connectivity index (χ4v) is 2.73. The molecule has 0 spiro atoms. The molecule has 2 aromatic carbocycles. The number of hydrogen-bond donors (Lipinski definition) is 2. The molecule has 0 aliphatic rings. The molecule has 3 aromatic rings. The molecule has 5 nitrogen and oxygen atoms in total. The lowest BCUT2D eigenvalue weighted by Gasteiger charge is -2.08. The van der Waals surface area contributed by atoms with Crippen LogP contribution >= 0.6 is 23.2 Å². The van der Waals surface area contributed by atoms with E-state index < -0.39 is 0 Å². The van der Waals surface area contributed by atoms with Crippen molar-refractivity contribution in [3.63, 3.8) is 0 Å². The van der Waals surface area contributed by atoms with E-state index in [9.17, 15) is 9.59 Å². The van der Waals surface area contributed by atoms with Crippen molar-refractivity contribution in [1.29, 1.82) is 0 Å². The largest absolute Gasteiger partial charge is 0.467 e. The van der Waals surface area contributed by atoms with Gasteiger partial charge in [-0.05, 0) is 48.0 Å². The predicted octanol–water partition coefficient (Wildman–Crippen LogP) is 4.45. The summed E-state index contributed by atoms with van der Waals surface area (Å²) in [5.41, 5.74) is 1.72. The monoisotopic (exact) mass is 402 g/mol. The standard InChI is InChI=1S/C20H16Cl2N2O3/c21-17-7-6-15(10-18(17)22)20(26)23-11-13-3-1-4-14(9-13)19(25)24-12-16-5-2-8-27-16/h1-10H,11-12H2,(H,23,26)(H,24,25). The van der Waals surface area contributed by atoms with Gasteiger partial charge in [0, 0.05) is 17.7 Å². The van der Waals surface area contributed by atoms with E-state index in [-0.39, 0.29) is 18.4 Å². The molecule has 0 aliphatic heterocycles. The summed E-state index contributed by atoms with van der Waals surface area (Å²) in [4.78, 5) is 24.5. The third-order valence-corrected chi connectivity index (χ3v) is 4.57. The zero-order chi connectivity index (χ0) is 19.2. The highest BCUT2D eigenvalue weighted by Gasteiger charge is 2.10. The maximum Gasteiger partial charge on any atom is 0.251 e. The van der Waals surface area contributed by atoms with Crippen molar-refractivity contribution in [3.8, 4) is 0 Å². The number of halogens is 2. The summed E-state index contributed by atoms with van der Waals surface area (Å²) in [5.74, 6) is 0.179. The maximum atomic E-state index is 12.3. The molecule has 1 heterocycles. The van der Waals surface area contributed by atoms with Crippen LogP contribution in [0, 0.1) is 0 Å². The van der Waals surface area contributed by atoms with Gasteiger partial charge in [-0.15, -0.1) is 0 Å². The lowest BCUT2D eigenvalue weighted by Crippen LogP contribution is -2.24. The minimum absolute atomic E-state index is 0.218. The zero-order valence-electron chi connectivity index (χ0n) is 14.2. The number of benzene rings is 2. The lowest BCUT2D eigenvalue weighted by molar-refractivity contribution is 0.0943. The molecular weight excluding hydrogens is 387 g/mol. The quantitative estimate of drug-likeness (QED) is 0.639. The van der Waals surface area contributed by atoms with Gasteiger partial charge in [-0.1, -0.05) is 35.3 Å². The number of amides is 2. The maximum absolute atomic E-state index is 12.3. The molecule has 0 aliphatic carbocycles. The van der Waals surface area contributed by atoms with Crippen molar-refractivity contribution < 1.29 is 14.0 Å². The molecule has 0 saturated carbocycles. The van der Waals surface area contributed by atoms with Crippen LogP contribution in [0.4, 0.5) is 0 Å². The van der Waals surface area contributed by atoms with Crippen molar-refractivity contribution >= 4 is 35.0 Å². The van der Waals surface area contributed by atoms with Crippen LogP contribution in [0.25, 0.3) is 0 Å². The molecule has 0 fully saturated rings. The average molecular weight is 403 g/mol. The summed E-state index contributed by atoms with van der Waals surface area (Å²) < 4.78 is 5.19. The van der Waals surface area contributed by atoms with Crippen molar-refractivity contribution in [2.24, 2.45) is 0 Å². The van der Waals surface area contributed by atoms with Crippen molar-refractivity contribution in [1.82, 2.24) is 10.6 Å². The number of carbonyl (C=O) groups is 2. The third kappa shape index (κ3) is 5.12. The predicted molar refractivity (Wildman–Crippen MR) is 104 cm³/mol. The number of nitrogens with one attached hydrogen (secondary N) is 2. The topological polar surface area (TPSA) is 71.3 Å². The van der Waals surface area contributed by atoms with Gasteiger partial charge in [0.15, 0.2) is 0 Å². The molecule has 0 saturated heterocycles. The molecule has 2 amide bonds. The summed E-state index contributed by atoms with van der Waals surface area (Å²) in [6.45, 7) is 0.586. The van der Waals surface area contributed by atoms with Crippen molar-refractivity contribution in [2.75, 3.05) is 0 Å². The zero-order valence-corrected chi connectivity index (χ0v) is 15.7. The molecule has 1 aromatic heterocycles. The highest BCUT2D eigenvalue weighted by molar-refractivity contribution is 6.42. The summed E-state index contributed by atoms with van der Waals surface area (Å²) in [6, 6.07) is 15.3. The van der Waals surface area contributed by atoms with E-state index in [2.05, 4.69) is 10.6 Å². The first-order valence-corrected chi connectivity index (χ1v) is 8.91. The summed E-state index contributed by atoms with van der Waals surface area (Å²) in [6.07, 6.45) is 1.55. The Morgan fingerprint density at radius 1 is 0.815 bits per heavy atom. The molecule has 138 valence electrons. The lowest BCUT2D eigenvalue weighted by atomic mass is 10.1. The molecule has 0 bridgehead atoms. The molecular formula is C20H16Cl2N2O3. The van der Waals surface area contributed by atoms with E-state index in [0.717, 1.165) is 5.56 Å². The van der Waals surface area contributed by atoms with Crippen LogP contribution in [0.15, 0.2) is 65.3 Å². The van der Waals surface area contributed by atoms with Gasteiger partial charge in [-0.3, -0.25) is 9.59 Å². The van der Waals surface area contributed by atoms with E-state index in [0.29, 0.717) is 33.5 Å². The summed E-state index contributed by atoms with van der Waals surface area (Å²) in [5, 5.41) is 6.29. The smallest absolute Gasteiger partial charge is 0.251 e. The van der Waals surface area contributed by atoms with Crippen LogP contribution in [0.2, 0.25) is 10.0 Å². The molecule has 0 atom stereocenters. The summed E-state index contributed by atoms with van der Waals surface area (Å²) in [7, 11) is 0. The van der Waals surface area contributed by atoms with Crippen molar-refractivity contribution in [3.05, 3.63) is 93.4 Å². The van der Waals surface area contributed by atoms with E-state index in [4.69, 9.17) is 27.6 Å². The first-order valence-electron chi connectivity index (χ1n) is 8.15. The SMILES string of the molecule is O=C(NCc1cccc(C(=O)NCc2ccco2)c1)c1ccc(Cl)c(Cl)c1. The molecule has 0 radical (unpaired) electrons. The van der Waals surface area contributed by atoms with Gasteiger partial charge in [0.05, 0.1) is 22.9 Å². The van der Waals surface area contributed by atoms with E-state index in [1.807, 2.05) is 6.07 Å². The van der Waals surface area contributed by atoms with Gasteiger partial charge in [0.1, 0.15) is 5.76 Å². The molecule has 2 N–H and O–H groups in total. The number of hydrogen-bond acceptors (Lipinski definition) is 3. The second kappa shape index (κ2) is 8.75. The van der Waals surface area contributed by atoms with Gasteiger partial charge in [0.2, 0.25) is 0 Å². The minimum Gasteiger partial charge on any atom is -0.467 e. The number of rotatable bonds is 6. The van der Waals surface area contributed by atoms with Crippen LogP contribution in [-0.4, -0.2) is 11.8 Å². The Kier molecular flexibility index (Phi) is 6.16. The second-order valence-electron chi connectivity index (χ2n) is 5.77. The molecule has 0 unspecified atom stereocenters. The third-order valence-electron chi connectivity index (χ3n) is 3.83. The Morgan fingerprint density at radius 3 is 2.26 bits per heavy atom. The van der Waals surface area contributed by atoms with Gasteiger partial charge in [-0.2, -0.15) is 0 Å². The van der Waals surface area contributed by atoms with Crippen LogP contribution in [0.3, 0.4) is 0 Å². The Morgan fingerprint density at radius 2 is 1.56 bits per heavy atom. The Labute approximate surface area is 166 Å². The summed E-state index contributed by atoms with van der Waals surface area (Å²) >= 11 is 11.8. The van der Waals surface area contributed by atoms with E-state index in [1.165, 1.54) is 6.07 Å². The first kappa shape index (κ1) is 19.0. The average Bonchev–Trinajstić information content (AvgIpc) is 3.20. The van der Waals surface area contributed by atoms with E-state index in [1.54, 1.807) is 48.7 Å². The van der Waals surface area contributed by atoms with Gasteiger partial charge in [0.25, 0.3) is 11.8 Å². The van der Waals surface area contributed by atoms with Gasteiger partial charge in [-0.25, -0.2) is 0 Å². The van der Waals surface area contributed by atoms with Crippen LogP contribution < -0.4 is 10.6 Å². The number of carbonyl (C=O) groups excluding carboxylic acids is 2.